The summed E-state index contributed by atoms with van der Waals surface area (Å²) in [6, 6.07) is 1.84. The first-order valence-corrected chi connectivity index (χ1v) is 4.41. The number of halogens is 3. The maximum Gasteiger partial charge on any atom is 0.417 e. The molecule has 1 rings (SSSR count). The van der Waals surface area contributed by atoms with Crippen LogP contribution >= 0.6 is 0 Å². The SMILES string of the molecule is CC(C)(C(=O)[O-])c1ccc(C(F)(F)F)cn1. The average molecular weight is 232 g/mol. The molecule has 88 valence electrons. The zero-order chi connectivity index (χ0) is 12.6. The van der Waals surface area contributed by atoms with Crippen molar-refractivity contribution in [1.82, 2.24) is 4.98 Å². The van der Waals surface area contributed by atoms with Gasteiger partial charge in [0.05, 0.1) is 17.2 Å². The summed E-state index contributed by atoms with van der Waals surface area (Å²) in [4.78, 5) is 14.2. The molecule has 16 heavy (non-hydrogen) atoms. The maximum absolute atomic E-state index is 12.2. The van der Waals surface area contributed by atoms with E-state index in [-0.39, 0.29) is 5.69 Å². The molecule has 0 saturated heterocycles. The van der Waals surface area contributed by atoms with E-state index in [9.17, 15) is 23.1 Å². The van der Waals surface area contributed by atoms with Crippen LogP contribution in [0.3, 0.4) is 0 Å². The average Bonchev–Trinajstić information content (AvgIpc) is 2.16. The van der Waals surface area contributed by atoms with E-state index in [0.717, 1.165) is 12.1 Å². The van der Waals surface area contributed by atoms with E-state index in [2.05, 4.69) is 4.98 Å². The third-order valence-electron chi connectivity index (χ3n) is 2.24. The van der Waals surface area contributed by atoms with E-state index in [0.29, 0.717) is 6.20 Å². The second-order valence-electron chi connectivity index (χ2n) is 3.84. The van der Waals surface area contributed by atoms with Crippen molar-refractivity contribution in [3.8, 4) is 0 Å². The number of carboxylic acid groups (broad SMARTS) is 1. The number of alkyl halides is 3. The summed E-state index contributed by atoms with van der Waals surface area (Å²) >= 11 is 0. The second kappa shape index (κ2) is 3.77. The monoisotopic (exact) mass is 232 g/mol. The topological polar surface area (TPSA) is 53.0 Å². The standard InChI is InChI=1S/C10H10F3NO2/c1-9(2,8(15)16)7-4-3-6(5-14-7)10(11,12)13/h3-5H,1-2H3,(H,15,16)/p-1. The molecule has 0 atom stereocenters. The molecule has 0 aromatic carbocycles. The van der Waals surface area contributed by atoms with Crippen molar-refractivity contribution < 1.29 is 23.1 Å². The van der Waals surface area contributed by atoms with Crippen molar-refractivity contribution in [2.45, 2.75) is 25.4 Å². The van der Waals surface area contributed by atoms with Crippen molar-refractivity contribution in [2.75, 3.05) is 0 Å². The Morgan fingerprint density at radius 2 is 1.88 bits per heavy atom. The lowest BCUT2D eigenvalue weighted by Gasteiger charge is -2.25. The molecule has 6 heteroatoms. The molecule has 0 unspecified atom stereocenters. The van der Waals surface area contributed by atoms with Gasteiger partial charge in [0, 0.05) is 11.6 Å². The molecular formula is C10H9F3NO2-. The third-order valence-corrected chi connectivity index (χ3v) is 2.24. The molecule has 0 bridgehead atoms. The molecule has 3 nitrogen and oxygen atoms in total. The lowest BCUT2D eigenvalue weighted by molar-refractivity contribution is -0.312. The summed E-state index contributed by atoms with van der Waals surface area (Å²) < 4.78 is 36.6. The molecule has 0 fully saturated rings. The highest BCUT2D eigenvalue weighted by atomic mass is 19.4. The smallest absolute Gasteiger partial charge is 0.417 e. The predicted octanol–water partition coefficient (Wildman–Crippen LogP) is 1.13. The van der Waals surface area contributed by atoms with Gasteiger partial charge < -0.3 is 9.90 Å². The summed E-state index contributed by atoms with van der Waals surface area (Å²) in [5, 5.41) is 10.7. The van der Waals surface area contributed by atoms with Crippen LogP contribution in [-0.2, 0) is 16.4 Å². The van der Waals surface area contributed by atoms with Gasteiger partial charge in [-0.25, -0.2) is 0 Å². The van der Waals surface area contributed by atoms with Crippen molar-refractivity contribution in [3.05, 3.63) is 29.6 Å². The summed E-state index contributed by atoms with van der Waals surface area (Å²) in [5.74, 6) is -1.39. The van der Waals surface area contributed by atoms with Gasteiger partial charge in [0.25, 0.3) is 0 Å². The lowest BCUT2D eigenvalue weighted by atomic mass is 9.89. The number of aromatic nitrogens is 1. The fourth-order valence-electron chi connectivity index (χ4n) is 1.04. The molecule has 0 spiro atoms. The highest BCUT2D eigenvalue weighted by molar-refractivity contribution is 5.77. The molecular weight excluding hydrogens is 223 g/mol. The first-order chi connectivity index (χ1) is 7.15. The Bertz CT molecular complexity index is 396. The molecule has 0 N–H and O–H groups in total. The van der Waals surface area contributed by atoms with Gasteiger partial charge in [-0.15, -0.1) is 0 Å². The first-order valence-electron chi connectivity index (χ1n) is 4.41. The quantitative estimate of drug-likeness (QED) is 0.768. The molecule has 1 aromatic rings. The minimum atomic E-state index is -4.48. The Kier molecular flexibility index (Phi) is 2.94. The fourth-order valence-corrected chi connectivity index (χ4v) is 1.04. The van der Waals surface area contributed by atoms with Crippen LogP contribution in [0.2, 0.25) is 0 Å². The van der Waals surface area contributed by atoms with Crippen LogP contribution in [0.4, 0.5) is 13.2 Å². The normalized spacial score (nSPS) is 12.6. The summed E-state index contributed by atoms with van der Waals surface area (Å²) in [7, 11) is 0. The van der Waals surface area contributed by atoms with Crippen LogP contribution in [0.5, 0.6) is 0 Å². The van der Waals surface area contributed by atoms with Crippen LogP contribution in [-0.4, -0.2) is 11.0 Å². The highest BCUT2D eigenvalue weighted by Crippen LogP contribution is 2.29. The van der Waals surface area contributed by atoms with Crippen molar-refractivity contribution >= 4 is 5.97 Å². The number of carbonyl (C=O) groups is 1. The lowest BCUT2D eigenvalue weighted by Crippen LogP contribution is -2.41. The minimum absolute atomic E-state index is 0.0282. The van der Waals surface area contributed by atoms with Gasteiger partial charge in [0.1, 0.15) is 0 Å². The number of rotatable bonds is 2. The molecule has 0 aliphatic carbocycles. The molecule has 0 aliphatic rings. The van der Waals surface area contributed by atoms with E-state index in [1.807, 2.05) is 0 Å². The van der Waals surface area contributed by atoms with Crippen LogP contribution in [0.1, 0.15) is 25.1 Å². The van der Waals surface area contributed by atoms with E-state index < -0.39 is 23.1 Å². The Hall–Kier alpha value is -1.59. The Balaban J connectivity index is 3.09. The molecule has 0 amide bonds. The number of hydrogen-bond acceptors (Lipinski definition) is 3. The van der Waals surface area contributed by atoms with Gasteiger partial charge >= 0.3 is 6.18 Å². The second-order valence-corrected chi connectivity index (χ2v) is 3.84. The van der Waals surface area contributed by atoms with Gasteiger partial charge in [-0.05, 0) is 26.0 Å². The van der Waals surface area contributed by atoms with E-state index in [1.54, 1.807) is 0 Å². The number of nitrogens with zero attached hydrogens (tertiary/aromatic N) is 1. The summed E-state index contributed by atoms with van der Waals surface area (Å²) in [6.45, 7) is 2.63. The van der Waals surface area contributed by atoms with E-state index >= 15 is 0 Å². The van der Waals surface area contributed by atoms with Crippen LogP contribution in [0.25, 0.3) is 0 Å². The fraction of sp³-hybridized carbons (Fsp3) is 0.400. The van der Waals surface area contributed by atoms with Crippen molar-refractivity contribution in [2.24, 2.45) is 0 Å². The largest absolute Gasteiger partial charge is 0.549 e. The third kappa shape index (κ3) is 2.32. The Morgan fingerprint density at radius 3 is 2.19 bits per heavy atom. The molecule has 0 radical (unpaired) electrons. The zero-order valence-corrected chi connectivity index (χ0v) is 8.63. The number of carbonyl (C=O) groups excluding carboxylic acids is 1. The molecule has 0 saturated carbocycles. The van der Waals surface area contributed by atoms with E-state index in [1.165, 1.54) is 13.8 Å². The number of carboxylic acids is 1. The number of aliphatic carboxylic acids is 1. The first kappa shape index (κ1) is 12.5. The predicted molar refractivity (Wildman–Crippen MR) is 47.3 cm³/mol. The van der Waals surface area contributed by atoms with Gasteiger partial charge in [-0.3, -0.25) is 4.98 Å². The van der Waals surface area contributed by atoms with Gasteiger partial charge in [-0.2, -0.15) is 13.2 Å². The highest BCUT2D eigenvalue weighted by Gasteiger charge is 2.32. The zero-order valence-electron chi connectivity index (χ0n) is 8.63. The Labute approximate surface area is 89.9 Å². The number of pyridine rings is 1. The van der Waals surface area contributed by atoms with E-state index in [4.69, 9.17) is 0 Å². The van der Waals surface area contributed by atoms with Gasteiger partial charge in [0.2, 0.25) is 0 Å². The van der Waals surface area contributed by atoms with Crippen LogP contribution in [0.15, 0.2) is 18.3 Å². The van der Waals surface area contributed by atoms with Gasteiger partial charge in [0.15, 0.2) is 0 Å². The van der Waals surface area contributed by atoms with Crippen LogP contribution < -0.4 is 5.11 Å². The van der Waals surface area contributed by atoms with Gasteiger partial charge in [-0.1, -0.05) is 0 Å². The molecule has 0 aliphatic heterocycles. The minimum Gasteiger partial charge on any atom is -0.549 e. The maximum atomic E-state index is 12.2. The summed E-state index contributed by atoms with van der Waals surface area (Å²) in [6.07, 6.45) is -3.86. The van der Waals surface area contributed by atoms with Crippen molar-refractivity contribution in [1.29, 1.82) is 0 Å². The van der Waals surface area contributed by atoms with Crippen molar-refractivity contribution in [3.63, 3.8) is 0 Å². The molecule has 1 aromatic heterocycles. The Morgan fingerprint density at radius 1 is 1.31 bits per heavy atom. The summed E-state index contributed by atoms with van der Waals surface area (Å²) in [5.41, 5.74) is -2.30. The number of hydrogen-bond donors (Lipinski definition) is 0. The molecule has 1 heterocycles. The van der Waals surface area contributed by atoms with Crippen LogP contribution in [0, 0.1) is 0 Å².